The molecular weight excluding hydrogens is 233 g/mol. The molecule has 0 fully saturated rings. The zero-order valence-corrected chi connectivity index (χ0v) is 11.4. The number of phenolic OH excluding ortho intramolecular Hbond substituents is 1. The summed E-state index contributed by atoms with van der Waals surface area (Å²) in [6.07, 6.45) is 0.463. The van der Waals surface area contributed by atoms with E-state index in [1.165, 1.54) is 12.1 Å². The van der Waals surface area contributed by atoms with Crippen LogP contribution in [0.2, 0.25) is 0 Å². The van der Waals surface area contributed by atoms with Gasteiger partial charge in [-0.1, -0.05) is 13.8 Å². The van der Waals surface area contributed by atoms with Crippen LogP contribution >= 0.6 is 0 Å². The Morgan fingerprint density at radius 3 is 2.39 bits per heavy atom. The molecule has 18 heavy (non-hydrogen) atoms. The summed E-state index contributed by atoms with van der Waals surface area (Å²) >= 11 is 0. The summed E-state index contributed by atoms with van der Waals surface area (Å²) in [6, 6.07) is 3.75. The van der Waals surface area contributed by atoms with E-state index in [4.69, 9.17) is 0 Å². The molecule has 0 bridgehead atoms. The first-order valence-corrected chi connectivity index (χ1v) is 6.16. The Kier molecular flexibility index (Phi) is 4.71. The number of benzene rings is 1. The Morgan fingerprint density at radius 1 is 1.33 bits per heavy atom. The van der Waals surface area contributed by atoms with Crippen LogP contribution in [0.5, 0.6) is 5.75 Å². The molecule has 0 spiro atoms. The van der Waals surface area contributed by atoms with E-state index in [0.29, 0.717) is 18.5 Å². The van der Waals surface area contributed by atoms with Crippen LogP contribution in [0.15, 0.2) is 18.2 Å². The smallest absolute Gasteiger partial charge is 0.127 e. The van der Waals surface area contributed by atoms with Gasteiger partial charge in [-0.3, -0.25) is 0 Å². The van der Waals surface area contributed by atoms with Gasteiger partial charge in [0.15, 0.2) is 0 Å². The number of hydrogen-bond donors (Lipinski definition) is 2. The largest absolute Gasteiger partial charge is 0.508 e. The van der Waals surface area contributed by atoms with Crippen molar-refractivity contribution in [1.82, 2.24) is 4.90 Å². The molecule has 0 radical (unpaired) electrons. The highest BCUT2D eigenvalue weighted by atomic mass is 19.1. The standard InChI is InChI=1S/C14H22FNO2/c1-5-14(18,10(2)9-16(3)4)11-6-12(15)8-13(17)7-11/h6-8,10,17-18H,5,9H2,1-4H3. The molecule has 0 aliphatic carbocycles. The van der Waals surface area contributed by atoms with Gasteiger partial charge in [-0.05, 0) is 38.2 Å². The highest BCUT2D eigenvalue weighted by Crippen LogP contribution is 2.35. The van der Waals surface area contributed by atoms with Crippen molar-refractivity contribution in [2.75, 3.05) is 20.6 Å². The molecule has 0 saturated carbocycles. The van der Waals surface area contributed by atoms with Crippen LogP contribution in [0.1, 0.15) is 25.8 Å². The number of halogens is 1. The Morgan fingerprint density at radius 2 is 1.94 bits per heavy atom. The normalized spacial score (nSPS) is 16.6. The van der Waals surface area contributed by atoms with Crippen molar-refractivity contribution in [3.8, 4) is 5.75 Å². The third-order valence-corrected chi connectivity index (χ3v) is 3.38. The number of phenols is 1. The van der Waals surface area contributed by atoms with Gasteiger partial charge in [0.25, 0.3) is 0 Å². The molecule has 0 amide bonds. The molecule has 0 aliphatic rings. The predicted molar refractivity (Wildman–Crippen MR) is 70.0 cm³/mol. The van der Waals surface area contributed by atoms with Gasteiger partial charge < -0.3 is 15.1 Å². The molecule has 4 heteroatoms. The number of aromatic hydroxyl groups is 1. The number of hydrogen-bond acceptors (Lipinski definition) is 3. The molecule has 0 heterocycles. The number of aliphatic hydroxyl groups is 1. The van der Waals surface area contributed by atoms with E-state index < -0.39 is 11.4 Å². The number of nitrogens with zero attached hydrogens (tertiary/aromatic N) is 1. The van der Waals surface area contributed by atoms with Crippen LogP contribution in [-0.4, -0.2) is 35.8 Å². The van der Waals surface area contributed by atoms with Gasteiger partial charge >= 0.3 is 0 Å². The van der Waals surface area contributed by atoms with E-state index in [0.717, 1.165) is 6.07 Å². The first-order chi connectivity index (χ1) is 8.29. The van der Waals surface area contributed by atoms with Crippen LogP contribution < -0.4 is 0 Å². The van der Waals surface area contributed by atoms with Gasteiger partial charge in [-0.2, -0.15) is 0 Å². The second-order valence-electron chi connectivity index (χ2n) is 5.14. The van der Waals surface area contributed by atoms with Crippen molar-refractivity contribution in [3.63, 3.8) is 0 Å². The lowest BCUT2D eigenvalue weighted by Crippen LogP contribution is -2.38. The average Bonchev–Trinajstić information content (AvgIpc) is 2.25. The molecule has 0 saturated heterocycles. The molecule has 3 nitrogen and oxygen atoms in total. The molecule has 2 N–H and O–H groups in total. The Balaban J connectivity index is 3.13. The van der Waals surface area contributed by atoms with Gasteiger partial charge in [0.05, 0.1) is 5.60 Å². The van der Waals surface area contributed by atoms with Crippen molar-refractivity contribution in [2.45, 2.75) is 25.9 Å². The monoisotopic (exact) mass is 255 g/mol. The van der Waals surface area contributed by atoms with Crippen LogP contribution in [0.4, 0.5) is 4.39 Å². The van der Waals surface area contributed by atoms with E-state index in [-0.39, 0.29) is 11.7 Å². The van der Waals surface area contributed by atoms with Gasteiger partial charge in [0.2, 0.25) is 0 Å². The minimum atomic E-state index is -1.14. The molecule has 0 aromatic heterocycles. The van der Waals surface area contributed by atoms with E-state index in [9.17, 15) is 14.6 Å². The lowest BCUT2D eigenvalue weighted by Gasteiger charge is -2.35. The summed E-state index contributed by atoms with van der Waals surface area (Å²) < 4.78 is 13.3. The highest BCUT2D eigenvalue weighted by molar-refractivity contribution is 5.32. The SMILES string of the molecule is CCC(O)(c1cc(O)cc(F)c1)C(C)CN(C)C. The van der Waals surface area contributed by atoms with Crippen LogP contribution in [0, 0.1) is 11.7 Å². The summed E-state index contributed by atoms with van der Waals surface area (Å²) in [5.74, 6) is -0.762. The fraction of sp³-hybridized carbons (Fsp3) is 0.571. The summed E-state index contributed by atoms with van der Waals surface area (Å²) in [4.78, 5) is 1.98. The summed E-state index contributed by atoms with van der Waals surface area (Å²) in [6.45, 7) is 4.46. The molecule has 1 aromatic rings. The molecule has 2 unspecified atom stereocenters. The zero-order valence-electron chi connectivity index (χ0n) is 11.4. The number of rotatable bonds is 5. The molecule has 102 valence electrons. The molecule has 1 aromatic carbocycles. The lowest BCUT2D eigenvalue weighted by atomic mass is 9.80. The highest BCUT2D eigenvalue weighted by Gasteiger charge is 2.34. The van der Waals surface area contributed by atoms with E-state index in [2.05, 4.69) is 0 Å². The van der Waals surface area contributed by atoms with E-state index in [1.807, 2.05) is 32.8 Å². The fourth-order valence-electron chi connectivity index (χ4n) is 2.36. The van der Waals surface area contributed by atoms with Gasteiger partial charge in [0.1, 0.15) is 11.6 Å². The Hall–Kier alpha value is -1.13. The summed E-state index contributed by atoms with van der Waals surface area (Å²) in [5, 5.41) is 20.2. The zero-order chi connectivity index (χ0) is 13.9. The Labute approximate surface area is 108 Å². The molecule has 0 aliphatic heterocycles. The van der Waals surface area contributed by atoms with E-state index >= 15 is 0 Å². The first kappa shape index (κ1) is 14.9. The fourth-order valence-corrected chi connectivity index (χ4v) is 2.36. The van der Waals surface area contributed by atoms with E-state index in [1.54, 1.807) is 0 Å². The second-order valence-corrected chi connectivity index (χ2v) is 5.14. The minimum Gasteiger partial charge on any atom is -0.508 e. The van der Waals surface area contributed by atoms with Gasteiger partial charge in [-0.15, -0.1) is 0 Å². The first-order valence-electron chi connectivity index (χ1n) is 6.16. The van der Waals surface area contributed by atoms with Crippen LogP contribution in [-0.2, 0) is 5.60 Å². The summed E-state index contributed by atoms with van der Waals surface area (Å²) in [7, 11) is 3.85. The van der Waals surface area contributed by atoms with Crippen molar-refractivity contribution in [1.29, 1.82) is 0 Å². The molecule has 1 rings (SSSR count). The van der Waals surface area contributed by atoms with Gasteiger partial charge in [0, 0.05) is 18.5 Å². The maximum Gasteiger partial charge on any atom is 0.127 e. The van der Waals surface area contributed by atoms with Gasteiger partial charge in [-0.25, -0.2) is 4.39 Å². The molecular formula is C14H22FNO2. The van der Waals surface area contributed by atoms with Crippen molar-refractivity contribution in [2.24, 2.45) is 5.92 Å². The topological polar surface area (TPSA) is 43.7 Å². The van der Waals surface area contributed by atoms with Crippen molar-refractivity contribution < 1.29 is 14.6 Å². The second kappa shape index (κ2) is 5.67. The lowest BCUT2D eigenvalue weighted by molar-refractivity contribution is -0.0295. The third kappa shape index (κ3) is 3.21. The Bertz CT molecular complexity index is 389. The van der Waals surface area contributed by atoms with Crippen LogP contribution in [0.25, 0.3) is 0 Å². The average molecular weight is 255 g/mol. The van der Waals surface area contributed by atoms with Crippen LogP contribution in [0.3, 0.4) is 0 Å². The quantitative estimate of drug-likeness (QED) is 0.848. The van der Waals surface area contributed by atoms with Crippen molar-refractivity contribution in [3.05, 3.63) is 29.6 Å². The third-order valence-electron chi connectivity index (χ3n) is 3.38. The maximum atomic E-state index is 13.3. The minimum absolute atomic E-state index is 0.0706. The maximum absolute atomic E-state index is 13.3. The molecule has 2 atom stereocenters. The summed E-state index contributed by atoms with van der Waals surface area (Å²) in [5.41, 5.74) is -0.707. The van der Waals surface area contributed by atoms with Crippen molar-refractivity contribution >= 4 is 0 Å². The predicted octanol–water partition coefficient (Wildman–Crippen LogP) is 2.33.